The van der Waals surface area contributed by atoms with Crippen molar-refractivity contribution in [3.05, 3.63) is 65.8 Å². The molecule has 0 aliphatic carbocycles. The molecule has 0 saturated heterocycles. The fraction of sp³-hybridized carbons (Fsp3) is 0. The second kappa shape index (κ2) is 5.82. The Morgan fingerprint density at radius 1 is 1.05 bits per heavy atom. The number of halogens is 1. The lowest BCUT2D eigenvalue weighted by Crippen LogP contribution is -2.12. The number of rotatable bonds is 4. The van der Waals surface area contributed by atoms with Crippen LogP contribution in [-0.2, 0) is 10.0 Å². The SMILES string of the molecule is O=S(=O)(Nc1cccc(-c2ccn[nH]2)c1)c1ccc(Cl)cc1. The topological polar surface area (TPSA) is 74.8 Å². The Hall–Kier alpha value is -2.31. The first-order valence-corrected chi connectivity index (χ1v) is 8.29. The van der Waals surface area contributed by atoms with Gasteiger partial charge >= 0.3 is 0 Å². The first-order chi connectivity index (χ1) is 10.5. The summed E-state index contributed by atoms with van der Waals surface area (Å²) in [7, 11) is -3.65. The number of nitrogens with zero attached hydrogens (tertiary/aromatic N) is 1. The van der Waals surface area contributed by atoms with Crippen molar-refractivity contribution in [1.29, 1.82) is 0 Å². The average molecular weight is 334 g/mol. The summed E-state index contributed by atoms with van der Waals surface area (Å²) in [6, 6.07) is 14.9. The molecule has 2 aromatic carbocycles. The highest BCUT2D eigenvalue weighted by atomic mass is 35.5. The van der Waals surface area contributed by atoms with E-state index in [1.807, 2.05) is 12.1 Å². The molecule has 0 unspecified atom stereocenters. The molecule has 7 heteroatoms. The van der Waals surface area contributed by atoms with Gasteiger partial charge in [-0.1, -0.05) is 23.7 Å². The highest BCUT2D eigenvalue weighted by Crippen LogP contribution is 2.23. The predicted molar refractivity (Wildman–Crippen MR) is 86.3 cm³/mol. The minimum Gasteiger partial charge on any atom is -0.280 e. The maximum absolute atomic E-state index is 12.3. The zero-order valence-electron chi connectivity index (χ0n) is 11.3. The zero-order chi connectivity index (χ0) is 15.6. The molecule has 1 aromatic heterocycles. The lowest BCUT2D eigenvalue weighted by atomic mass is 10.1. The molecule has 0 aliphatic heterocycles. The Kier molecular flexibility index (Phi) is 3.87. The summed E-state index contributed by atoms with van der Waals surface area (Å²) in [4.78, 5) is 0.156. The van der Waals surface area contributed by atoms with Gasteiger partial charge in [0.2, 0.25) is 0 Å². The zero-order valence-corrected chi connectivity index (χ0v) is 12.9. The molecule has 3 rings (SSSR count). The number of aromatic amines is 1. The molecule has 0 amide bonds. The van der Waals surface area contributed by atoms with E-state index in [0.717, 1.165) is 11.3 Å². The van der Waals surface area contributed by atoms with Gasteiger partial charge in [0, 0.05) is 22.5 Å². The van der Waals surface area contributed by atoms with E-state index in [4.69, 9.17) is 11.6 Å². The van der Waals surface area contributed by atoms with Crippen molar-refractivity contribution in [3.8, 4) is 11.3 Å². The molecule has 112 valence electrons. The number of anilines is 1. The third kappa shape index (κ3) is 3.13. The summed E-state index contributed by atoms with van der Waals surface area (Å²) in [6.45, 7) is 0. The van der Waals surface area contributed by atoms with E-state index in [2.05, 4.69) is 14.9 Å². The molecule has 1 heterocycles. The average Bonchev–Trinajstić information content (AvgIpc) is 3.02. The highest BCUT2D eigenvalue weighted by molar-refractivity contribution is 7.92. The van der Waals surface area contributed by atoms with Crippen molar-refractivity contribution < 1.29 is 8.42 Å². The van der Waals surface area contributed by atoms with Crippen LogP contribution in [0.2, 0.25) is 5.02 Å². The van der Waals surface area contributed by atoms with Crippen LogP contribution in [0.25, 0.3) is 11.3 Å². The van der Waals surface area contributed by atoms with Crippen LogP contribution in [0.1, 0.15) is 0 Å². The van der Waals surface area contributed by atoms with E-state index in [1.54, 1.807) is 24.4 Å². The standard InChI is InChI=1S/C15H12ClN3O2S/c16-12-4-6-14(7-5-12)22(20,21)19-13-3-1-2-11(10-13)15-8-9-17-18-15/h1-10,19H,(H,17,18). The molecular formula is C15H12ClN3O2S. The van der Waals surface area contributed by atoms with Gasteiger partial charge in [0.05, 0.1) is 10.6 Å². The first kappa shape index (κ1) is 14.6. The maximum atomic E-state index is 12.3. The molecule has 0 bridgehead atoms. The molecule has 0 radical (unpaired) electrons. The summed E-state index contributed by atoms with van der Waals surface area (Å²) in [5.74, 6) is 0. The Bertz CT molecular complexity index is 875. The number of aromatic nitrogens is 2. The van der Waals surface area contributed by atoms with Crippen molar-refractivity contribution in [2.75, 3.05) is 4.72 Å². The predicted octanol–water partition coefficient (Wildman–Crippen LogP) is 3.53. The van der Waals surface area contributed by atoms with E-state index in [9.17, 15) is 8.42 Å². The van der Waals surface area contributed by atoms with E-state index in [1.165, 1.54) is 24.3 Å². The second-order valence-electron chi connectivity index (χ2n) is 4.61. The number of nitrogens with one attached hydrogen (secondary N) is 2. The smallest absolute Gasteiger partial charge is 0.261 e. The summed E-state index contributed by atoms with van der Waals surface area (Å²) < 4.78 is 27.2. The molecule has 0 saturated carbocycles. The van der Waals surface area contributed by atoms with Gasteiger partial charge in [-0.15, -0.1) is 0 Å². The molecule has 0 atom stereocenters. The van der Waals surface area contributed by atoms with Crippen LogP contribution in [0.3, 0.4) is 0 Å². The van der Waals surface area contributed by atoms with Crippen molar-refractivity contribution >= 4 is 27.3 Å². The van der Waals surface area contributed by atoms with Crippen LogP contribution < -0.4 is 4.72 Å². The lowest BCUT2D eigenvalue weighted by Gasteiger charge is -2.09. The minimum absolute atomic E-state index is 0.156. The van der Waals surface area contributed by atoms with Crippen LogP contribution in [0.15, 0.2) is 65.7 Å². The summed E-state index contributed by atoms with van der Waals surface area (Å²) in [5, 5.41) is 7.21. The lowest BCUT2D eigenvalue weighted by molar-refractivity contribution is 0.601. The molecular weight excluding hydrogens is 322 g/mol. The van der Waals surface area contributed by atoms with E-state index in [-0.39, 0.29) is 4.90 Å². The normalized spacial score (nSPS) is 11.3. The van der Waals surface area contributed by atoms with Crippen LogP contribution in [0.5, 0.6) is 0 Å². The van der Waals surface area contributed by atoms with Crippen molar-refractivity contribution in [3.63, 3.8) is 0 Å². The third-order valence-electron chi connectivity index (χ3n) is 3.05. The van der Waals surface area contributed by atoms with Crippen LogP contribution in [0.4, 0.5) is 5.69 Å². The molecule has 0 aliphatic rings. The van der Waals surface area contributed by atoms with Crippen molar-refractivity contribution in [2.24, 2.45) is 0 Å². The van der Waals surface area contributed by atoms with Gasteiger partial charge in [0.1, 0.15) is 0 Å². The van der Waals surface area contributed by atoms with Gasteiger partial charge in [-0.2, -0.15) is 5.10 Å². The van der Waals surface area contributed by atoms with Gasteiger partial charge in [0.25, 0.3) is 10.0 Å². The summed E-state index contributed by atoms with van der Waals surface area (Å²) >= 11 is 5.78. The fourth-order valence-corrected chi connectivity index (χ4v) is 3.17. The Balaban J connectivity index is 1.89. The van der Waals surface area contributed by atoms with Crippen molar-refractivity contribution in [1.82, 2.24) is 10.2 Å². The van der Waals surface area contributed by atoms with Gasteiger partial charge in [0.15, 0.2) is 0 Å². The van der Waals surface area contributed by atoms with E-state index >= 15 is 0 Å². The number of sulfonamides is 1. The van der Waals surface area contributed by atoms with E-state index in [0.29, 0.717) is 10.7 Å². The number of H-pyrrole nitrogens is 1. The molecule has 5 nitrogen and oxygen atoms in total. The first-order valence-electron chi connectivity index (χ1n) is 6.43. The minimum atomic E-state index is -3.65. The third-order valence-corrected chi connectivity index (χ3v) is 4.70. The van der Waals surface area contributed by atoms with Crippen LogP contribution in [0, 0.1) is 0 Å². The number of hydrogen-bond acceptors (Lipinski definition) is 3. The maximum Gasteiger partial charge on any atom is 0.261 e. The molecule has 22 heavy (non-hydrogen) atoms. The molecule has 3 aromatic rings. The van der Waals surface area contributed by atoms with E-state index < -0.39 is 10.0 Å². The van der Waals surface area contributed by atoms with Crippen LogP contribution >= 0.6 is 11.6 Å². The number of hydrogen-bond donors (Lipinski definition) is 2. The fourth-order valence-electron chi connectivity index (χ4n) is 1.99. The Labute approximate surface area is 133 Å². The summed E-state index contributed by atoms with van der Waals surface area (Å²) in [5.41, 5.74) is 2.13. The Morgan fingerprint density at radius 2 is 1.82 bits per heavy atom. The van der Waals surface area contributed by atoms with Gasteiger partial charge in [-0.3, -0.25) is 9.82 Å². The van der Waals surface area contributed by atoms with Gasteiger partial charge in [-0.05, 0) is 42.5 Å². The largest absolute Gasteiger partial charge is 0.280 e. The second-order valence-corrected chi connectivity index (χ2v) is 6.73. The molecule has 0 spiro atoms. The summed E-state index contributed by atoms with van der Waals surface area (Å²) in [6.07, 6.45) is 1.64. The molecule has 2 N–H and O–H groups in total. The van der Waals surface area contributed by atoms with Crippen LogP contribution in [-0.4, -0.2) is 18.6 Å². The monoisotopic (exact) mass is 333 g/mol. The van der Waals surface area contributed by atoms with Crippen molar-refractivity contribution in [2.45, 2.75) is 4.90 Å². The van der Waals surface area contributed by atoms with Gasteiger partial charge in [-0.25, -0.2) is 8.42 Å². The number of benzene rings is 2. The highest BCUT2D eigenvalue weighted by Gasteiger charge is 2.14. The molecule has 0 fully saturated rings. The quantitative estimate of drug-likeness (QED) is 0.767. The Morgan fingerprint density at radius 3 is 2.50 bits per heavy atom. The van der Waals surface area contributed by atoms with Gasteiger partial charge < -0.3 is 0 Å².